The molecular weight excluding hydrogens is 390 g/mol. The van der Waals surface area contributed by atoms with E-state index in [0.717, 1.165) is 49.3 Å². The molecule has 0 bridgehead atoms. The quantitative estimate of drug-likeness (QED) is 0.716. The lowest BCUT2D eigenvalue weighted by molar-refractivity contribution is 0.0683. The lowest BCUT2D eigenvalue weighted by Crippen LogP contribution is -2.39. The van der Waals surface area contributed by atoms with Crippen molar-refractivity contribution in [3.05, 3.63) is 46.3 Å². The Bertz CT molecular complexity index is 910. The number of likely N-dealkylation sites (tertiary alicyclic amines) is 1. The molecule has 7 nitrogen and oxygen atoms in total. The summed E-state index contributed by atoms with van der Waals surface area (Å²) < 4.78 is 0. The first-order valence-corrected chi connectivity index (χ1v) is 10.0. The lowest BCUT2D eigenvalue weighted by Gasteiger charge is -2.31. The van der Waals surface area contributed by atoms with Crippen molar-refractivity contribution in [2.45, 2.75) is 39.7 Å². The number of H-pyrrole nitrogens is 1. The van der Waals surface area contributed by atoms with Gasteiger partial charge >= 0.3 is 0 Å². The summed E-state index contributed by atoms with van der Waals surface area (Å²) in [5, 5.41) is 13.4. The largest absolute Gasteiger partial charge is 0.338 e. The predicted octanol–water partition coefficient (Wildman–Crippen LogP) is 2.91. The van der Waals surface area contributed by atoms with Crippen LogP contribution >= 0.6 is 12.4 Å². The van der Waals surface area contributed by atoms with Gasteiger partial charge in [-0.05, 0) is 49.4 Å². The minimum atomic E-state index is -0.228. The van der Waals surface area contributed by atoms with E-state index in [-0.39, 0.29) is 24.2 Å². The van der Waals surface area contributed by atoms with Gasteiger partial charge in [0, 0.05) is 55.1 Å². The maximum Gasteiger partial charge on any atom is 0.276 e. The van der Waals surface area contributed by atoms with Gasteiger partial charge in [-0.3, -0.25) is 14.7 Å². The number of amides is 2. The number of hydrogen-bond acceptors (Lipinski definition) is 4. The van der Waals surface area contributed by atoms with Crippen LogP contribution in [0.2, 0.25) is 0 Å². The van der Waals surface area contributed by atoms with Gasteiger partial charge in [-0.25, -0.2) is 0 Å². The van der Waals surface area contributed by atoms with E-state index in [4.69, 9.17) is 0 Å². The van der Waals surface area contributed by atoms with Crippen molar-refractivity contribution in [1.29, 1.82) is 0 Å². The number of benzene rings is 1. The summed E-state index contributed by atoms with van der Waals surface area (Å²) in [5.74, 6) is 0.389. The zero-order chi connectivity index (χ0) is 19.7. The van der Waals surface area contributed by atoms with E-state index in [9.17, 15) is 9.59 Å². The predicted molar refractivity (Wildman–Crippen MR) is 115 cm³/mol. The summed E-state index contributed by atoms with van der Waals surface area (Å²) in [6.45, 7) is 7.27. The number of aryl methyl sites for hydroxylation is 1. The SMILES string of the molecule is Cc1cc(C(=O)N2CCCC(C)C2)ccc1NC(=O)c1n[nH]c2c1CNCC2.Cl. The van der Waals surface area contributed by atoms with Crippen LogP contribution in [0.1, 0.15) is 57.4 Å². The van der Waals surface area contributed by atoms with Crippen LogP contribution in [-0.2, 0) is 13.0 Å². The molecule has 0 saturated carbocycles. The molecule has 2 aliphatic heterocycles. The molecule has 1 fully saturated rings. The number of aromatic amines is 1. The molecule has 0 radical (unpaired) electrons. The van der Waals surface area contributed by atoms with Crippen LogP contribution in [0.4, 0.5) is 5.69 Å². The highest BCUT2D eigenvalue weighted by Crippen LogP contribution is 2.23. The molecule has 1 saturated heterocycles. The highest BCUT2D eigenvalue weighted by Gasteiger charge is 2.24. The topological polar surface area (TPSA) is 90.1 Å². The molecule has 2 amide bonds. The third-order valence-corrected chi connectivity index (χ3v) is 5.69. The van der Waals surface area contributed by atoms with Gasteiger partial charge < -0.3 is 15.5 Å². The number of halogens is 1. The van der Waals surface area contributed by atoms with Crippen LogP contribution in [0, 0.1) is 12.8 Å². The van der Waals surface area contributed by atoms with Crippen molar-refractivity contribution in [3.8, 4) is 0 Å². The molecule has 156 valence electrons. The second-order valence-electron chi connectivity index (χ2n) is 7.94. The fraction of sp³-hybridized carbons (Fsp3) is 0.476. The smallest absolute Gasteiger partial charge is 0.276 e. The second kappa shape index (κ2) is 8.97. The molecule has 2 aromatic rings. The number of aromatic nitrogens is 2. The summed E-state index contributed by atoms with van der Waals surface area (Å²) in [7, 11) is 0. The zero-order valence-corrected chi connectivity index (χ0v) is 17.7. The molecule has 2 aliphatic rings. The van der Waals surface area contributed by atoms with Crippen molar-refractivity contribution < 1.29 is 9.59 Å². The van der Waals surface area contributed by atoms with Gasteiger partial charge in [0.1, 0.15) is 0 Å². The minimum Gasteiger partial charge on any atom is -0.338 e. The van der Waals surface area contributed by atoms with Gasteiger partial charge in [0.05, 0.1) is 0 Å². The Hall–Kier alpha value is -2.38. The summed E-state index contributed by atoms with van der Waals surface area (Å²) in [6, 6.07) is 5.47. The Morgan fingerprint density at radius 1 is 1.31 bits per heavy atom. The Labute approximate surface area is 177 Å². The number of fused-ring (bicyclic) bond motifs is 1. The zero-order valence-electron chi connectivity index (χ0n) is 16.9. The molecule has 0 spiro atoms. The molecule has 8 heteroatoms. The van der Waals surface area contributed by atoms with Crippen molar-refractivity contribution in [2.75, 3.05) is 25.0 Å². The highest BCUT2D eigenvalue weighted by molar-refractivity contribution is 6.05. The first-order valence-electron chi connectivity index (χ1n) is 10.0. The van der Waals surface area contributed by atoms with Gasteiger partial charge in [-0.15, -0.1) is 12.4 Å². The van der Waals surface area contributed by atoms with Crippen molar-refractivity contribution in [1.82, 2.24) is 20.4 Å². The van der Waals surface area contributed by atoms with Crippen LogP contribution in [0.5, 0.6) is 0 Å². The Balaban J connectivity index is 0.00000240. The van der Waals surface area contributed by atoms with Crippen LogP contribution in [-0.4, -0.2) is 46.5 Å². The number of carbonyl (C=O) groups is 2. The summed E-state index contributed by atoms with van der Waals surface area (Å²) in [5.41, 5.74) is 4.64. The Morgan fingerprint density at radius 2 is 2.14 bits per heavy atom. The number of anilines is 1. The standard InChI is InChI=1S/C21H27N5O2.ClH/c1-13-4-3-9-26(12-13)21(28)15-5-6-17(14(2)10-15)23-20(27)19-16-11-22-8-7-18(16)24-25-19;/h5-6,10,13,22H,3-4,7-9,11-12H2,1-2H3,(H,23,27)(H,24,25);1H. The average Bonchev–Trinajstić information content (AvgIpc) is 3.13. The number of nitrogens with zero attached hydrogens (tertiary/aromatic N) is 2. The molecule has 4 rings (SSSR count). The van der Waals surface area contributed by atoms with Gasteiger partial charge in [0.2, 0.25) is 0 Å². The highest BCUT2D eigenvalue weighted by atomic mass is 35.5. The van der Waals surface area contributed by atoms with E-state index in [1.807, 2.05) is 24.0 Å². The third kappa shape index (κ3) is 4.46. The van der Waals surface area contributed by atoms with Crippen molar-refractivity contribution >= 4 is 29.9 Å². The van der Waals surface area contributed by atoms with Crippen LogP contribution < -0.4 is 10.6 Å². The summed E-state index contributed by atoms with van der Waals surface area (Å²) in [6.07, 6.45) is 3.09. The lowest BCUT2D eigenvalue weighted by atomic mass is 9.99. The summed E-state index contributed by atoms with van der Waals surface area (Å²) >= 11 is 0. The third-order valence-electron chi connectivity index (χ3n) is 5.69. The number of piperidine rings is 1. The number of carbonyl (C=O) groups excluding carboxylic acids is 2. The van der Waals surface area contributed by atoms with Gasteiger partial charge in [0.15, 0.2) is 5.69 Å². The summed E-state index contributed by atoms with van der Waals surface area (Å²) in [4.78, 5) is 27.4. The molecule has 29 heavy (non-hydrogen) atoms. The normalized spacial score (nSPS) is 18.6. The monoisotopic (exact) mass is 417 g/mol. The maximum atomic E-state index is 12.8. The number of hydrogen-bond donors (Lipinski definition) is 3. The Kier molecular flexibility index (Phi) is 6.59. The molecule has 3 N–H and O–H groups in total. The molecule has 0 aliphatic carbocycles. The van der Waals surface area contributed by atoms with Crippen molar-refractivity contribution in [3.63, 3.8) is 0 Å². The van der Waals surface area contributed by atoms with Crippen LogP contribution in [0.25, 0.3) is 0 Å². The number of nitrogens with one attached hydrogen (secondary N) is 3. The van der Waals surface area contributed by atoms with E-state index in [0.29, 0.717) is 29.4 Å². The van der Waals surface area contributed by atoms with E-state index < -0.39 is 0 Å². The molecular formula is C21H28ClN5O2. The molecule has 1 aromatic heterocycles. The van der Waals surface area contributed by atoms with Crippen molar-refractivity contribution in [2.24, 2.45) is 5.92 Å². The van der Waals surface area contributed by atoms with Gasteiger partial charge in [0.25, 0.3) is 11.8 Å². The fourth-order valence-corrected chi connectivity index (χ4v) is 4.09. The molecule has 1 atom stereocenters. The Morgan fingerprint density at radius 3 is 2.90 bits per heavy atom. The fourth-order valence-electron chi connectivity index (χ4n) is 4.09. The maximum absolute atomic E-state index is 12.8. The minimum absolute atomic E-state index is 0. The number of rotatable bonds is 3. The molecule has 3 heterocycles. The first kappa shape index (κ1) is 21.3. The van der Waals surface area contributed by atoms with Gasteiger partial charge in [-0.1, -0.05) is 6.92 Å². The second-order valence-corrected chi connectivity index (χ2v) is 7.94. The average molecular weight is 418 g/mol. The van der Waals surface area contributed by atoms with E-state index in [2.05, 4.69) is 27.8 Å². The molecule has 1 unspecified atom stereocenters. The van der Waals surface area contributed by atoms with Gasteiger partial charge in [-0.2, -0.15) is 5.10 Å². The first-order chi connectivity index (χ1) is 13.5. The van der Waals surface area contributed by atoms with Crippen LogP contribution in [0.3, 0.4) is 0 Å². The van der Waals surface area contributed by atoms with E-state index in [1.54, 1.807) is 6.07 Å². The van der Waals surface area contributed by atoms with Crippen LogP contribution in [0.15, 0.2) is 18.2 Å². The molecule has 1 aromatic carbocycles. The van der Waals surface area contributed by atoms with E-state index in [1.165, 1.54) is 6.42 Å². The van der Waals surface area contributed by atoms with E-state index >= 15 is 0 Å².